The van der Waals surface area contributed by atoms with E-state index in [0.29, 0.717) is 21.4 Å². The maximum absolute atomic E-state index is 11.9. The van der Waals surface area contributed by atoms with Crippen molar-refractivity contribution >= 4 is 56.0 Å². The van der Waals surface area contributed by atoms with Gasteiger partial charge in [-0.1, -0.05) is 22.9 Å². The zero-order chi connectivity index (χ0) is 17.3. The number of rotatable bonds is 5. The number of methoxy groups -OCH3 is 1. The molecule has 1 aromatic heterocycles. The number of aromatic nitrogens is 1. The number of hydrazine groups is 1. The number of ether oxygens (including phenoxy) is 1. The summed E-state index contributed by atoms with van der Waals surface area (Å²) < 4.78 is 5.94. The zero-order valence-corrected chi connectivity index (χ0v) is 14.2. The Morgan fingerprint density at radius 3 is 2.75 bits per heavy atom. The van der Waals surface area contributed by atoms with Gasteiger partial charge in [0, 0.05) is 12.8 Å². The van der Waals surface area contributed by atoms with Crippen LogP contribution in [-0.2, 0) is 14.4 Å². The summed E-state index contributed by atoms with van der Waals surface area (Å²) in [6.07, 6.45) is 0.297. The molecule has 0 atom stereocenters. The lowest BCUT2D eigenvalue weighted by atomic mass is 10.3. The number of carbonyl (C=O) groups excluding carboxylic acids is 3. The molecule has 0 saturated carbocycles. The van der Waals surface area contributed by atoms with Gasteiger partial charge in [0.05, 0.1) is 16.8 Å². The van der Waals surface area contributed by atoms with E-state index in [2.05, 4.69) is 15.8 Å². The molecule has 2 aromatic rings. The second-order valence-electron chi connectivity index (χ2n) is 4.99. The topological polar surface area (TPSA) is 101 Å². The minimum Gasteiger partial charge on any atom is -0.494 e. The summed E-state index contributed by atoms with van der Waals surface area (Å²) in [5, 5.41) is 0.930. The largest absolute Gasteiger partial charge is 0.494 e. The number of halogens is 1. The van der Waals surface area contributed by atoms with Gasteiger partial charge < -0.3 is 4.74 Å². The van der Waals surface area contributed by atoms with Crippen molar-refractivity contribution in [2.45, 2.75) is 12.8 Å². The minimum atomic E-state index is -0.518. The molecule has 0 unspecified atom stereocenters. The van der Waals surface area contributed by atoms with E-state index in [9.17, 15) is 14.4 Å². The molecule has 1 aliphatic rings. The second-order valence-corrected chi connectivity index (χ2v) is 6.40. The molecular weight excluding hydrogens is 356 g/mol. The molecule has 0 aliphatic carbocycles. The highest BCUT2D eigenvalue weighted by atomic mass is 35.5. The Morgan fingerprint density at radius 1 is 1.38 bits per heavy atom. The molecule has 0 bridgehead atoms. The molecule has 1 aliphatic heterocycles. The lowest BCUT2D eigenvalue weighted by molar-refractivity contribution is -0.142. The van der Waals surface area contributed by atoms with E-state index in [-0.39, 0.29) is 31.2 Å². The van der Waals surface area contributed by atoms with Gasteiger partial charge in [-0.25, -0.2) is 4.98 Å². The van der Waals surface area contributed by atoms with Gasteiger partial charge >= 0.3 is 0 Å². The Kier molecular flexibility index (Phi) is 4.54. The van der Waals surface area contributed by atoms with Crippen LogP contribution in [0.3, 0.4) is 0 Å². The Bertz CT molecular complexity index is 822. The molecule has 3 rings (SSSR count). The summed E-state index contributed by atoms with van der Waals surface area (Å²) in [5.74, 6) is -0.632. The molecular formula is C14H13ClN4O4S. The smallest absolute Gasteiger partial charge is 0.258 e. The molecule has 1 saturated heterocycles. The van der Waals surface area contributed by atoms with Crippen molar-refractivity contribution in [2.24, 2.45) is 0 Å². The van der Waals surface area contributed by atoms with Gasteiger partial charge in [-0.2, -0.15) is 0 Å². The van der Waals surface area contributed by atoms with E-state index in [0.717, 1.165) is 9.60 Å². The second kappa shape index (κ2) is 6.62. The first kappa shape index (κ1) is 16.5. The summed E-state index contributed by atoms with van der Waals surface area (Å²) in [4.78, 5) is 40.1. The Balaban J connectivity index is 1.67. The standard InChI is InChI=1S/C14H13ClN4O4S/c1-23-8-3-2-7(15)13-12(8)16-14(24-13)18-17-9(20)6-19-10(21)4-5-11(19)22/h2-3H,4-6H2,1H3,(H,16,18)(H,17,20). The van der Waals surface area contributed by atoms with Crippen LogP contribution in [0.5, 0.6) is 5.75 Å². The van der Waals surface area contributed by atoms with E-state index < -0.39 is 5.91 Å². The van der Waals surface area contributed by atoms with Crippen molar-refractivity contribution in [1.29, 1.82) is 0 Å². The van der Waals surface area contributed by atoms with Crippen LogP contribution in [0.25, 0.3) is 10.2 Å². The Labute approximate surface area is 145 Å². The molecule has 1 fully saturated rings. The summed E-state index contributed by atoms with van der Waals surface area (Å²) in [5.41, 5.74) is 5.65. The molecule has 10 heteroatoms. The SMILES string of the molecule is COc1ccc(Cl)c2sc(NNC(=O)CN3C(=O)CCC3=O)nc12. The molecule has 3 amide bonds. The molecule has 2 N–H and O–H groups in total. The number of hydrogen-bond donors (Lipinski definition) is 2. The third kappa shape index (κ3) is 3.13. The van der Waals surface area contributed by atoms with Crippen LogP contribution in [-0.4, -0.2) is 41.3 Å². The molecule has 0 spiro atoms. The van der Waals surface area contributed by atoms with E-state index >= 15 is 0 Å². The highest BCUT2D eigenvalue weighted by Gasteiger charge is 2.30. The first-order valence-corrected chi connectivity index (χ1v) is 8.20. The van der Waals surface area contributed by atoms with Gasteiger partial charge in [-0.15, -0.1) is 0 Å². The van der Waals surface area contributed by atoms with Crippen molar-refractivity contribution in [3.05, 3.63) is 17.2 Å². The Hall–Kier alpha value is -2.39. The maximum atomic E-state index is 11.9. The van der Waals surface area contributed by atoms with Gasteiger partial charge in [-0.3, -0.25) is 30.1 Å². The zero-order valence-electron chi connectivity index (χ0n) is 12.6. The average molecular weight is 369 g/mol. The molecule has 24 heavy (non-hydrogen) atoms. The number of benzene rings is 1. The lowest BCUT2D eigenvalue weighted by Crippen LogP contribution is -2.41. The van der Waals surface area contributed by atoms with E-state index in [1.54, 1.807) is 12.1 Å². The number of amides is 3. The van der Waals surface area contributed by atoms with Gasteiger partial charge in [0.2, 0.25) is 16.9 Å². The van der Waals surface area contributed by atoms with Crippen LogP contribution < -0.4 is 15.6 Å². The summed E-state index contributed by atoms with van der Waals surface area (Å²) in [6.45, 7) is -0.320. The van der Waals surface area contributed by atoms with Crippen LogP contribution in [0.2, 0.25) is 5.02 Å². The van der Waals surface area contributed by atoms with Crippen molar-refractivity contribution in [3.8, 4) is 5.75 Å². The average Bonchev–Trinajstić information content (AvgIpc) is 3.13. The van der Waals surface area contributed by atoms with Crippen molar-refractivity contribution in [1.82, 2.24) is 15.3 Å². The summed E-state index contributed by atoms with van der Waals surface area (Å²) >= 11 is 7.37. The summed E-state index contributed by atoms with van der Waals surface area (Å²) in [6, 6.07) is 3.41. The van der Waals surface area contributed by atoms with E-state index in [4.69, 9.17) is 16.3 Å². The van der Waals surface area contributed by atoms with Crippen LogP contribution in [0.1, 0.15) is 12.8 Å². The molecule has 8 nitrogen and oxygen atoms in total. The molecule has 126 valence electrons. The van der Waals surface area contributed by atoms with Crippen LogP contribution in [0.15, 0.2) is 12.1 Å². The van der Waals surface area contributed by atoms with E-state index in [1.807, 2.05) is 0 Å². The quantitative estimate of drug-likeness (QED) is 0.613. The molecule has 0 radical (unpaired) electrons. The molecule has 1 aromatic carbocycles. The third-order valence-corrected chi connectivity index (χ3v) is 4.87. The van der Waals surface area contributed by atoms with Crippen molar-refractivity contribution in [3.63, 3.8) is 0 Å². The number of imide groups is 1. The number of hydrogen-bond acceptors (Lipinski definition) is 7. The highest BCUT2D eigenvalue weighted by molar-refractivity contribution is 7.22. The summed E-state index contributed by atoms with van der Waals surface area (Å²) in [7, 11) is 1.53. The Morgan fingerprint density at radius 2 is 2.08 bits per heavy atom. The number of fused-ring (bicyclic) bond motifs is 1. The fourth-order valence-corrected chi connectivity index (χ4v) is 3.39. The number of thiazole rings is 1. The van der Waals surface area contributed by atoms with E-state index in [1.165, 1.54) is 18.4 Å². The number of anilines is 1. The number of nitrogens with zero attached hydrogens (tertiary/aromatic N) is 2. The predicted octanol–water partition coefficient (Wildman–Crippen LogP) is 1.55. The lowest BCUT2D eigenvalue weighted by Gasteiger charge is -2.13. The number of likely N-dealkylation sites (tertiary alicyclic amines) is 1. The normalized spacial score (nSPS) is 14.3. The highest BCUT2D eigenvalue weighted by Crippen LogP contribution is 2.36. The monoisotopic (exact) mass is 368 g/mol. The van der Waals surface area contributed by atoms with Crippen LogP contribution >= 0.6 is 22.9 Å². The first-order chi connectivity index (χ1) is 11.5. The van der Waals surface area contributed by atoms with Gasteiger partial charge in [0.1, 0.15) is 17.8 Å². The predicted molar refractivity (Wildman–Crippen MR) is 88.9 cm³/mol. The number of nitrogens with one attached hydrogen (secondary N) is 2. The third-order valence-electron chi connectivity index (χ3n) is 3.44. The fourth-order valence-electron chi connectivity index (χ4n) is 2.28. The first-order valence-electron chi connectivity index (χ1n) is 7.00. The van der Waals surface area contributed by atoms with Gasteiger partial charge in [-0.05, 0) is 12.1 Å². The van der Waals surface area contributed by atoms with Crippen molar-refractivity contribution < 1.29 is 19.1 Å². The number of carbonyl (C=O) groups is 3. The fraction of sp³-hybridized carbons (Fsp3) is 0.286. The van der Waals surface area contributed by atoms with Crippen LogP contribution in [0, 0.1) is 0 Å². The van der Waals surface area contributed by atoms with Crippen LogP contribution in [0.4, 0.5) is 5.13 Å². The molecule has 2 heterocycles. The van der Waals surface area contributed by atoms with Gasteiger partial charge in [0.15, 0.2) is 0 Å². The maximum Gasteiger partial charge on any atom is 0.258 e. The van der Waals surface area contributed by atoms with Crippen molar-refractivity contribution in [2.75, 3.05) is 19.1 Å². The van der Waals surface area contributed by atoms with Gasteiger partial charge in [0.25, 0.3) is 5.91 Å². The minimum absolute atomic E-state index is 0.149.